The second-order valence-corrected chi connectivity index (χ2v) is 2.55. The number of hydrogen-bond acceptors (Lipinski definition) is 4. The molecule has 0 amide bonds. The van der Waals surface area contributed by atoms with E-state index in [-0.39, 0.29) is 6.42 Å². The molecule has 12 heavy (non-hydrogen) atoms. The Hall–Kier alpha value is -1.16. The number of rotatable bonds is 4. The molecule has 0 aromatic heterocycles. The van der Waals surface area contributed by atoms with Crippen molar-refractivity contribution in [1.82, 2.24) is 4.90 Å². The van der Waals surface area contributed by atoms with E-state index >= 15 is 0 Å². The Morgan fingerprint density at radius 3 is 2.50 bits per heavy atom. The predicted octanol–water partition coefficient (Wildman–Crippen LogP) is 0.194. The molecule has 0 fully saturated rings. The van der Waals surface area contributed by atoms with Gasteiger partial charge < -0.3 is 9.64 Å². The largest absolute Gasteiger partial charge is 0.390 e. The van der Waals surface area contributed by atoms with Crippen LogP contribution in [-0.4, -0.2) is 37.5 Å². The summed E-state index contributed by atoms with van der Waals surface area (Å²) in [7, 11) is 3.67. The molecule has 0 saturated carbocycles. The Bertz CT molecular complexity index is 187. The van der Waals surface area contributed by atoms with E-state index in [0.717, 1.165) is 6.08 Å². The van der Waals surface area contributed by atoms with Crippen LogP contribution in [0.25, 0.3) is 0 Å². The van der Waals surface area contributed by atoms with Crippen LogP contribution in [0.5, 0.6) is 0 Å². The summed E-state index contributed by atoms with van der Waals surface area (Å²) in [5.74, 6) is -1.22. The zero-order valence-corrected chi connectivity index (χ0v) is 7.37. The van der Waals surface area contributed by atoms with Gasteiger partial charge in [-0.05, 0) is 14.1 Å². The smallest absolute Gasteiger partial charge is 0.337 e. The van der Waals surface area contributed by atoms with Gasteiger partial charge in [0.2, 0.25) is 0 Å². The second-order valence-electron chi connectivity index (χ2n) is 2.55. The van der Waals surface area contributed by atoms with E-state index in [0.29, 0.717) is 6.54 Å². The van der Waals surface area contributed by atoms with Gasteiger partial charge in [-0.1, -0.05) is 6.58 Å². The molecule has 0 aliphatic carbocycles. The fourth-order valence-corrected chi connectivity index (χ4v) is 0.520. The minimum atomic E-state index is -0.696. The van der Waals surface area contributed by atoms with Crippen LogP contribution >= 0.6 is 0 Å². The molecule has 4 nitrogen and oxygen atoms in total. The van der Waals surface area contributed by atoms with Crippen molar-refractivity contribution >= 4 is 11.9 Å². The lowest BCUT2D eigenvalue weighted by atomic mass is 10.4. The van der Waals surface area contributed by atoms with Gasteiger partial charge in [-0.25, -0.2) is 4.79 Å². The average Bonchev–Trinajstić information content (AvgIpc) is 2.00. The predicted molar refractivity (Wildman–Crippen MR) is 44.5 cm³/mol. The van der Waals surface area contributed by atoms with Crippen molar-refractivity contribution in [3.63, 3.8) is 0 Å². The third kappa shape index (κ3) is 5.61. The third-order valence-corrected chi connectivity index (χ3v) is 1.14. The van der Waals surface area contributed by atoms with Crippen molar-refractivity contribution in [3.05, 3.63) is 12.7 Å². The molecule has 0 heterocycles. The van der Waals surface area contributed by atoms with Gasteiger partial charge in [0.25, 0.3) is 0 Å². The van der Waals surface area contributed by atoms with Crippen molar-refractivity contribution in [2.75, 3.05) is 20.6 Å². The van der Waals surface area contributed by atoms with Gasteiger partial charge in [0.15, 0.2) is 0 Å². The van der Waals surface area contributed by atoms with Crippen molar-refractivity contribution in [3.8, 4) is 0 Å². The third-order valence-electron chi connectivity index (χ3n) is 1.14. The molecule has 0 aromatic rings. The number of carbonyl (C=O) groups is 2. The summed E-state index contributed by atoms with van der Waals surface area (Å²) in [6.07, 6.45) is 1.18. The van der Waals surface area contributed by atoms with Crippen LogP contribution in [0.3, 0.4) is 0 Å². The normalized spacial score (nSPS) is 9.58. The first-order valence-corrected chi connectivity index (χ1v) is 3.58. The molecule has 68 valence electrons. The number of hydrogen-bond donors (Lipinski definition) is 0. The molecule has 0 aliphatic rings. The van der Waals surface area contributed by atoms with Crippen LogP contribution in [0.2, 0.25) is 0 Å². The lowest BCUT2D eigenvalue weighted by Gasteiger charge is -2.07. The first kappa shape index (κ1) is 10.8. The molecule has 0 aliphatic heterocycles. The van der Waals surface area contributed by atoms with Crippen molar-refractivity contribution in [1.29, 1.82) is 0 Å². The van der Waals surface area contributed by atoms with E-state index in [1.165, 1.54) is 0 Å². The van der Waals surface area contributed by atoms with Crippen LogP contribution < -0.4 is 0 Å². The van der Waals surface area contributed by atoms with Crippen LogP contribution in [-0.2, 0) is 14.3 Å². The fraction of sp³-hybridized carbons (Fsp3) is 0.500. The summed E-state index contributed by atoms with van der Waals surface area (Å²) >= 11 is 0. The maximum Gasteiger partial charge on any atom is 0.337 e. The molecular weight excluding hydrogens is 158 g/mol. The zero-order valence-electron chi connectivity index (χ0n) is 7.37. The Labute approximate surface area is 71.8 Å². The minimum Gasteiger partial charge on any atom is -0.390 e. The molecule has 0 spiro atoms. The maximum atomic E-state index is 10.8. The Balaban J connectivity index is 3.60. The number of carbonyl (C=O) groups excluding carboxylic acids is 2. The molecular formula is C8H13NO3. The van der Waals surface area contributed by atoms with Crippen molar-refractivity contribution in [2.24, 2.45) is 0 Å². The highest BCUT2D eigenvalue weighted by atomic mass is 16.6. The Morgan fingerprint density at radius 2 is 2.08 bits per heavy atom. The van der Waals surface area contributed by atoms with Gasteiger partial charge in [-0.3, -0.25) is 4.79 Å². The van der Waals surface area contributed by atoms with Crippen LogP contribution in [0.4, 0.5) is 0 Å². The molecule has 0 radical (unpaired) electrons. The van der Waals surface area contributed by atoms with Crippen LogP contribution in [0.15, 0.2) is 12.7 Å². The van der Waals surface area contributed by atoms with E-state index in [4.69, 9.17) is 0 Å². The summed E-state index contributed by atoms with van der Waals surface area (Å²) in [6.45, 7) is 3.74. The van der Waals surface area contributed by atoms with Gasteiger partial charge in [-0.2, -0.15) is 0 Å². The fourth-order valence-electron chi connectivity index (χ4n) is 0.520. The standard InChI is InChI=1S/C8H13NO3/c1-4-7(10)12-8(11)5-6-9(2)3/h4H,1,5-6H2,2-3H3. The summed E-state index contributed by atoms with van der Waals surface area (Å²) in [6, 6.07) is 0. The summed E-state index contributed by atoms with van der Waals surface area (Å²) < 4.78 is 4.33. The molecule has 0 saturated heterocycles. The maximum absolute atomic E-state index is 10.8. The molecule has 0 bridgehead atoms. The number of nitrogens with zero attached hydrogens (tertiary/aromatic N) is 1. The lowest BCUT2D eigenvalue weighted by Crippen LogP contribution is -2.19. The van der Waals surface area contributed by atoms with Gasteiger partial charge in [0.1, 0.15) is 0 Å². The average molecular weight is 171 g/mol. The highest BCUT2D eigenvalue weighted by Gasteiger charge is 2.06. The van der Waals surface area contributed by atoms with Crippen LogP contribution in [0, 0.1) is 0 Å². The molecule has 0 atom stereocenters. The van der Waals surface area contributed by atoms with E-state index in [9.17, 15) is 9.59 Å². The van der Waals surface area contributed by atoms with Crippen LogP contribution in [0.1, 0.15) is 6.42 Å². The van der Waals surface area contributed by atoms with E-state index in [2.05, 4.69) is 11.3 Å². The van der Waals surface area contributed by atoms with Gasteiger partial charge >= 0.3 is 11.9 Å². The topological polar surface area (TPSA) is 46.6 Å². The quantitative estimate of drug-likeness (QED) is 0.344. The number of esters is 2. The Kier molecular flexibility index (Phi) is 4.96. The summed E-state index contributed by atoms with van der Waals surface area (Å²) in [5.41, 5.74) is 0. The lowest BCUT2D eigenvalue weighted by molar-refractivity contribution is -0.156. The second kappa shape index (κ2) is 5.49. The van der Waals surface area contributed by atoms with Crippen molar-refractivity contribution < 1.29 is 14.3 Å². The monoisotopic (exact) mass is 171 g/mol. The van der Waals surface area contributed by atoms with E-state index < -0.39 is 11.9 Å². The van der Waals surface area contributed by atoms with E-state index in [1.54, 1.807) is 0 Å². The molecule has 0 aromatic carbocycles. The van der Waals surface area contributed by atoms with Crippen molar-refractivity contribution in [2.45, 2.75) is 6.42 Å². The molecule has 0 unspecified atom stereocenters. The Morgan fingerprint density at radius 1 is 1.50 bits per heavy atom. The number of ether oxygens (including phenoxy) is 1. The molecule has 0 N–H and O–H groups in total. The highest BCUT2D eigenvalue weighted by molar-refractivity contribution is 5.91. The summed E-state index contributed by atoms with van der Waals surface area (Å²) in [4.78, 5) is 23.1. The first-order valence-electron chi connectivity index (χ1n) is 3.58. The molecule has 0 rings (SSSR count). The van der Waals surface area contributed by atoms with Gasteiger partial charge in [0.05, 0.1) is 6.42 Å². The van der Waals surface area contributed by atoms with Gasteiger partial charge in [-0.15, -0.1) is 0 Å². The van der Waals surface area contributed by atoms with E-state index in [1.807, 2.05) is 19.0 Å². The first-order chi connectivity index (χ1) is 5.56. The zero-order chi connectivity index (χ0) is 9.56. The van der Waals surface area contributed by atoms with Gasteiger partial charge in [0, 0.05) is 12.6 Å². The SMILES string of the molecule is C=CC(=O)OC(=O)CCN(C)C. The molecule has 4 heteroatoms. The highest BCUT2D eigenvalue weighted by Crippen LogP contribution is 1.89. The minimum absolute atomic E-state index is 0.215. The summed E-state index contributed by atoms with van der Waals surface area (Å²) in [5, 5.41) is 0.